The summed E-state index contributed by atoms with van der Waals surface area (Å²) in [6.07, 6.45) is 19.4. The van der Waals surface area contributed by atoms with Crippen molar-refractivity contribution in [3.05, 3.63) is 81.9 Å². The Morgan fingerprint density at radius 1 is 0.595 bits per heavy atom. The lowest BCUT2D eigenvalue weighted by Crippen LogP contribution is -2.31. The van der Waals surface area contributed by atoms with Crippen molar-refractivity contribution in [2.24, 2.45) is 0 Å². The minimum atomic E-state index is -1.65. The van der Waals surface area contributed by atoms with Crippen molar-refractivity contribution in [2.45, 2.75) is 110 Å². The highest BCUT2D eigenvalue weighted by Crippen LogP contribution is 2.35. The molecule has 0 aliphatic rings. The normalized spacial score (nSPS) is 11.0. The van der Waals surface area contributed by atoms with Crippen molar-refractivity contribution in [2.75, 3.05) is 0 Å². The molecular formula is C37H48INO3. The van der Waals surface area contributed by atoms with Crippen LogP contribution in [0.15, 0.2) is 72.8 Å². The van der Waals surface area contributed by atoms with E-state index in [1.54, 1.807) is 6.07 Å². The number of hydrogen-bond acceptors (Lipinski definition) is 3. The van der Waals surface area contributed by atoms with Gasteiger partial charge in [-0.1, -0.05) is 157 Å². The first-order valence-electron chi connectivity index (χ1n) is 16.0. The van der Waals surface area contributed by atoms with Gasteiger partial charge in [0.25, 0.3) is 5.91 Å². The van der Waals surface area contributed by atoms with Crippen molar-refractivity contribution >= 4 is 33.0 Å². The average Bonchev–Trinajstić information content (AvgIpc) is 3.03. The molecule has 42 heavy (non-hydrogen) atoms. The number of nitrogens with one attached hydrogen (secondary N) is 1. The highest BCUT2D eigenvalue weighted by Gasteiger charge is 2.20. The number of halogens is 1. The number of unbranched alkanes of at least 4 members (excludes halogenated alkanes) is 14. The molecule has 0 saturated carbocycles. The van der Waals surface area contributed by atoms with E-state index < -0.39 is 27.1 Å². The standard InChI is InChI=1S/C37H48INO3/c1-2-3-4-5-6-7-8-9-10-11-12-13-14-15-22-27-35(40)39-37(41)34-29-32(30-23-18-16-19-24-30)28-33(36(34)38-42)31-25-20-17-21-26-31/h16-21,23-26,28-29H,2-15,22,27H2,1H3,(H,39,40,41). The quantitative estimate of drug-likeness (QED) is 0.0954. The van der Waals surface area contributed by atoms with Crippen molar-refractivity contribution < 1.29 is 12.7 Å². The predicted octanol–water partition coefficient (Wildman–Crippen LogP) is 11.0. The molecule has 0 aliphatic carbocycles. The summed E-state index contributed by atoms with van der Waals surface area (Å²) in [6.45, 7) is 2.27. The zero-order chi connectivity index (χ0) is 29.8. The summed E-state index contributed by atoms with van der Waals surface area (Å²) in [6, 6.07) is 23.3. The van der Waals surface area contributed by atoms with Gasteiger partial charge in [-0.3, -0.25) is 18.0 Å². The Labute approximate surface area is 263 Å². The van der Waals surface area contributed by atoms with Gasteiger partial charge in [0.2, 0.25) is 5.91 Å². The predicted molar refractivity (Wildman–Crippen MR) is 183 cm³/mol. The summed E-state index contributed by atoms with van der Waals surface area (Å²) >= 11 is -1.65. The van der Waals surface area contributed by atoms with Crippen LogP contribution in [-0.4, -0.2) is 11.8 Å². The SMILES string of the molecule is CCCCCCCCCCCCCCCCCC(=O)NC(=O)c1cc(-c2ccccc2)cc(-c2ccccc2)c1I=O. The lowest BCUT2D eigenvalue weighted by atomic mass is 9.96. The average molecular weight is 682 g/mol. The van der Waals surface area contributed by atoms with Gasteiger partial charge in [0.1, 0.15) is 0 Å². The van der Waals surface area contributed by atoms with E-state index in [1.807, 2.05) is 66.7 Å². The van der Waals surface area contributed by atoms with Gasteiger partial charge in [-0.25, -0.2) is 0 Å². The van der Waals surface area contributed by atoms with Crippen LogP contribution in [0.2, 0.25) is 0 Å². The molecule has 226 valence electrons. The first-order chi connectivity index (χ1) is 20.6. The van der Waals surface area contributed by atoms with E-state index in [0.717, 1.165) is 41.5 Å². The molecular weight excluding hydrogens is 633 g/mol. The van der Waals surface area contributed by atoms with Crippen LogP contribution in [0.1, 0.15) is 120 Å². The summed E-state index contributed by atoms with van der Waals surface area (Å²) in [4.78, 5) is 26.0. The largest absolute Gasteiger partial charge is 0.292 e. The Morgan fingerprint density at radius 2 is 1.07 bits per heavy atom. The molecule has 0 fully saturated rings. The Morgan fingerprint density at radius 3 is 1.57 bits per heavy atom. The van der Waals surface area contributed by atoms with Crippen LogP contribution in [0, 0.1) is 3.57 Å². The molecule has 0 atom stereocenters. The number of carbonyl (C=O) groups excluding carboxylic acids is 2. The van der Waals surface area contributed by atoms with Crippen molar-refractivity contribution in [3.8, 4) is 22.3 Å². The third-order valence-corrected chi connectivity index (χ3v) is 9.45. The molecule has 1 N–H and O–H groups in total. The van der Waals surface area contributed by atoms with Gasteiger partial charge in [0.05, 0.1) is 9.13 Å². The molecule has 0 heterocycles. The van der Waals surface area contributed by atoms with Gasteiger partial charge in [-0.2, -0.15) is 0 Å². The van der Waals surface area contributed by atoms with E-state index in [1.165, 1.54) is 77.0 Å². The lowest BCUT2D eigenvalue weighted by molar-refractivity contribution is -0.120. The Hall–Kier alpha value is -2.67. The molecule has 0 bridgehead atoms. The summed E-state index contributed by atoms with van der Waals surface area (Å²) in [7, 11) is 0. The van der Waals surface area contributed by atoms with Crippen LogP contribution in [0.3, 0.4) is 0 Å². The van der Waals surface area contributed by atoms with Gasteiger partial charge in [-0.05, 0) is 40.8 Å². The summed E-state index contributed by atoms with van der Waals surface area (Å²) in [5.74, 6) is -0.738. The summed E-state index contributed by atoms with van der Waals surface area (Å²) in [5.41, 5.74) is 3.82. The maximum atomic E-state index is 13.3. The number of carbonyl (C=O) groups is 2. The van der Waals surface area contributed by atoms with Crippen molar-refractivity contribution in [1.29, 1.82) is 0 Å². The Kier molecular flexibility index (Phi) is 16.3. The zero-order valence-corrected chi connectivity index (χ0v) is 27.5. The van der Waals surface area contributed by atoms with Crippen LogP contribution >= 0.6 is 21.2 Å². The molecule has 4 nitrogen and oxygen atoms in total. The fourth-order valence-electron chi connectivity index (χ4n) is 5.41. The molecule has 0 aliphatic heterocycles. The Bertz CT molecular complexity index is 1230. The summed E-state index contributed by atoms with van der Waals surface area (Å²) in [5, 5.41) is 2.58. The minimum absolute atomic E-state index is 0.267. The highest BCUT2D eigenvalue weighted by molar-refractivity contribution is 14.1. The first-order valence-corrected chi connectivity index (χ1v) is 18.0. The van der Waals surface area contributed by atoms with Crippen LogP contribution < -0.4 is 5.32 Å². The monoisotopic (exact) mass is 681 g/mol. The summed E-state index contributed by atoms with van der Waals surface area (Å²) < 4.78 is 13.0. The number of rotatable bonds is 20. The second kappa shape index (κ2) is 20.3. The maximum Gasteiger partial charge on any atom is 0.259 e. The van der Waals surface area contributed by atoms with Crippen LogP contribution in [0.4, 0.5) is 0 Å². The van der Waals surface area contributed by atoms with Crippen LogP contribution in [0.25, 0.3) is 22.3 Å². The fraction of sp³-hybridized carbons (Fsp3) is 0.459. The third-order valence-electron chi connectivity index (χ3n) is 7.85. The molecule has 0 radical (unpaired) electrons. The Balaban J connectivity index is 1.43. The molecule has 3 aromatic rings. The van der Waals surface area contributed by atoms with E-state index in [-0.39, 0.29) is 5.91 Å². The highest BCUT2D eigenvalue weighted by atomic mass is 127. The van der Waals surface area contributed by atoms with Gasteiger partial charge in [0, 0.05) is 6.42 Å². The molecule has 5 heteroatoms. The zero-order valence-electron chi connectivity index (χ0n) is 25.3. The molecule has 0 saturated heterocycles. The van der Waals surface area contributed by atoms with Gasteiger partial charge >= 0.3 is 0 Å². The topological polar surface area (TPSA) is 63.2 Å². The molecule has 3 rings (SSSR count). The number of amides is 2. The number of hydrogen-bond donors (Lipinski definition) is 1. The van der Waals surface area contributed by atoms with Crippen LogP contribution in [0.5, 0.6) is 0 Å². The van der Waals surface area contributed by atoms with Gasteiger partial charge < -0.3 is 0 Å². The van der Waals surface area contributed by atoms with Crippen LogP contribution in [-0.2, 0) is 7.86 Å². The fourth-order valence-corrected chi connectivity index (χ4v) is 6.75. The third kappa shape index (κ3) is 11.9. The second-order valence-electron chi connectivity index (χ2n) is 11.3. The maximum absolute atomic E-state index is 13.3. The molecule has 2 amide bonds. The van der Waals surface area contributed by atoms with E-state index in [0.29, 0.717) is 15.6 Å². The smallest absolute Gasteiger partial charge is 0.259 e. The minimum Gasteiger partial charge on any atom is -0.292 e. The van der Waals surface area contributed by atoms with E-state index >= 15 is 0 Å². The van der Waals surface area contributed by atoms with E-state index in [2.05, 4.69) is 12.2 Å². The van der Waals surface area contributed by atoms with Crippen molar-refractivity contribution in [1.82, 2.24) is 5.32 Å². The first kappa shape index (κ1) is 33.8. The lowest BCUT2D eigenvalue weighted by Gasteiger charge is -2.14. The molecule has 0 aromatic heterocycles. The number of imide groups is 1. The number of benzene rings is 3. The van der Waals surface area contributed by atoms with E-state index in [4.69, 9.17) is 0 Å². The van der Waals surface area contributed by atoms with Gasteiger partial charge in [-0.15, -0.1) is 0 Å². The van der Waals surface area contributed by atoms with Crippen molar-refractivity contribution in [3.63, 3.8) is 0 Å². The molecule has 0 unspecified atom stereocenters. The van der Waals surface area contributed by atoms with Gasteiger partial charge in [0.15, 0.2) is 21.2 Å². The van der Waals surface area contributed by atoms with E-state index in [9.17, 15) is 12.7 Å². The molecule has 0 spiro atoms. The molecule has 3 aromatic carbocycles. The second-order valence-corrected chi connectivity index (χ2v) is 12.8.